The van der Waals surface area contributed by atoms with Crippen molar-refractivity contribution < 1.29 is 30.0 Å². The molecular formula is C36H36IrNO2S-. The fourth-order valence-electron chi connectivity index (χ4n) is 5.68. The van der Waals surface area contributed by atoms with Gasteiger partial charge in [-0.25, -0.2) is 0 Å². The first kappa shape index (κ1) is 31.0. The number of aromatic nitrogens is 1. The maximum Gasteiger partial charge on any atom is 0.162 e. The van der Waals surface area contributed by atoms with Gasteiger partial charge in [0.05, 0.1) is 5.76 Å². The van der Waals surface area contributed by atoms with Crippen LogP contribution in [0.15, 0.2) is 94.6 Å². The fourth-order valence-corrected chi connectivity index (χ4v) is 6.81. The molecule has 5 heteroatoms. The van der Waals surface area contributed by atoms with Gasteiger partial charge in [-0.1, -0.05) is 69.0 Å². The quantitative estimate of drug-likeness (QED) is 0.0767. The second-order valence-corrected chi connectivity index (χ2v) is 11.4. The standard InChI is InChI=1S/C23H12NS.C13H24O2.Ir/c1-2-6-15-14(5-1)9-10-16-17-11-12-24-23-18-7-3-4-8-20(18)25-21(22(17)23)13-19(15)16;1-5-10(6-2)12(14)9-13(15)11(7-3)8-4;/h1-6,8-13H;9-11,14H,5-8H2,1-4H3;/q-1;;/b;12-9-;. The number of carbonyl (C=O) groups excluding carboxylic acids is 1. The summed E-state index contributed by atoms with van der Waals surface area (Å²) in [6.07, 6.45) is 6.83. The van der Waals surface area contributed by atoms with Crippen LogP contribution in [-0.4, -0.2) is 15.9 Å². The summed E-state index contributed by atoms with van der Waals surface area (Å²) < 4.78 is 0. The van der Waals surface area contributed by atoms with Crippen molar-refractivity contribution in [2.24, 2.45) is 11.8 Å². The molecule has 0 bridgehead atoms. The molecule has 41 heavy (non-hydrogen) atoms. The van der Waals surface area contributed by atoms with Gasteiger partial charge in [0, 0.05) is 49.1 Å². The van der Waals surface area contributed by atoms with E-state index in [0.717, 1.165) is 36.9 Å². The van der Waals surface area contributed by atoms with Gasteiger partial charge in [-0.3, -0.25) is 4.79 Å². The number of hydrogen-bond acceptors (Lipinski definition) is 4. The van der Waals surface area contributed by atoms with E-state index in [-0.39, 0.29) is 43.5 Å². The summed E-state index contributed by atoms with van der Waals surface area (Å²) in [4.78, 5) is 18.9. The minimum absolute atomic E-state index is 0. The Morgan fingerprint density at radius 2 is 1.59 bits per heavy atom. The van der Waals surface area contributed by atoms with E-state index in [2.05, 4.69) is 60.7 Å². The molecule has 1 aromatic heterocycles. The summed E-state index contributed by atoms with van der Waals surface area (Å²) in [5.41, 5.74) is 2.17. The molecule has 0 spiro atoms. The Hall–Kier alpha value is -2.98. The van der Waals surface area contributed by atoms with E-state index in [1.807, 2.05) is 57.8 Å². The number of aliphatic hydroxyl groups is 1. The van der Waals surface area contributed by atoms with Crippen molar-refractivity contribution in [3.05, 3.63) is 90.8 Å². The number of pyridine rings is 1. The first-order valence-electron chi connectivity index (χ1n) is 14.4. The number of ketones is 1. The molecule has 0 aliphatic carbocycles. The van der Waals surface area contributed by atoms with Crippen LogP contribution in [-0.2, 0) is 24.9 Å². The maximum atomic E-state index is 11.7. The van der Waals surface area contributed by atoms with Crippen LogP contribution in [0.25, 0.3) is 43.6 Å². The van der Waals surface area contributed by atoms with Crippen LogP contribution >= 0.6 is 11.8 Å². The van der Waals surface area contributed by atoms with Crippen molar-refractivity contribution in [1.29, 1.82) is 0 Å². The van der Waals surface area contributed by atoms with Crippen molar-refractivity contribution >= 4 is 49.9 Å². The van der Waals surface area contributed by atoms with E-state index < -0.39 is 0 Å². The first-order chi connectivity index (χ1) is 19.5. The smallest absolute Gasteiger partial charge is 0.162 e. The number of benzene rings is 4. The zero-order chi connectivity index (χ0) is 28.2. The number of rotatable bonds is 7. The third-order valence-corrected chi connectivity index (χ3v) is 9.19. The first-order valence-corrected chi connectivity index (χ1v) is 15.2. The molecule has 213 valence electrons. The molecule has 2 heterocycles. The van der Waals surface area contributed by atoms with E-state index in [4.69, 9.17) is 4.98 Å². The second kappa shape index (κ2) is 13.8. The molecule has 1 N–H and O–H groups in total. The van der Waals surface area contributed by atoms with Crippen molar-refractivity contribution in [2.75, 3.05) is 0 Å². The zero-order valence-corrected chi connectivity index (χ0v) is 27.2. The molecule has 4 aromatic carbocycles. The molecule has 0 unspecified atom stereocenters. The number of carbonyl (C=O) groups is 1. The van der Waals surface area contributed by atoms with Gasteiger partial charge in [-0.15, -0.1) is 41.6 Å². The molecule has 0 saturated heterocycles. The normalized spacial score (nSPS) is 12.3. The molecule has 6 rings (SSSR count). The average molecular weight is 739 g/mol. The SMILES string of the molecule is CCC(CC)C(=O)/C=C(\O)C(CC)CC.[Ir].[c-]1cccc2c1-c1nccc3c1c(cc1c4ccccc4ccc31)S2. The number of aliphatic hydroxyl groups excluding tert-OH is 1. The van der Waals surface area contributed by atoms with Crippen molar-refractivity contribution in [1.82, 2.24) is 4.98 Å². The summed E-state index contributed by atoms with van der Waals surface area (Å²) in [6.45, 7) is 8.07. The van der Waals surface area contributed by atoms with Gasteiger partial charge in [-0.2, -0.15) is 0 Å². The fraction of sp³-hybridized carbons (Fsp3) is 0.278. The Labute approximate surface area is 260 Å². The summed E-state index contributed by atoms with van der Waals surface area (Å²) in [5.74, 6) is 0.547. The maximum absolute atomic E-state index is 11.7. The van der Waals surface area contributed by atoms with Crippen LogP contribution < -0.4 is 0 Å². The molecule has 0 amide bonds. The van der Waals surface area contributed by atoms with Gasteiger partial charge < -0.3 is 10.1 Å². The molecule has 5 aromatic rings. The number of nitrogens with zero attached hydrogens (tertiary/aromatic N) is 1. The zero-order valence-electron chi connectivity index (χ0n) is 24.0. The van der Waals surface area contributed by atoms with Crippen LogP contribution in [0.4, 0.5) is 0 Å². The third-order valence-electron chi connectivity index (χ3n) is 8.09. The summed E-state index contributed by atoms with van der Waals surface area (Å²) in [7, 11) is 0. The van der Waals surface area contributed by atoms with Crippen LogP contribution in [0.1, 0.15) is 53.4 Å². The van der Waals surface area contributed by atoms with E-state index in [1.54, 1.807) is 0 Å². The predicted molar refractivity (Wildman–Crippen MR) is 169 cm³/mol. The number of fused-ring (bicyclic) bond motifs is 6. The Morgan fingerprint density at radius 3 is 2.32 bits per heavy atom. The Bertz CT molecular complexity index is 1720. The van der Waals surface area contributed by atoms with Crippen LogP contribution in [0, 0.1) is 17.9 Å². The Kier molecular flexibility index (Phi) is 10.4. The van der Waals surface area contributed by atoms with Gasteiger partial charge in [0.2, 0.25) is 0 Å². The van der Waals surface area contributed by atoms with Crippen molar-refractivity contribution in [3.8, 4) is 11.3 Å². The second-order valence-electron chi connectivity index (χ2n) is 10.3. The van der Waals surface area contributed by atoms with E-state index >= 15 is 0 Å². The minimum Gasteiger partial charge on any atom is -0.512 e. The van der Waals surface area contributed by atoms with Gasteiger partial charge in [0.1, 0.15) is 0 Å². The molecule has 3 nitrogen and oxygen atoms in total. The third kappa shape index (κ3) is 6.14. The molecule has 0 fully saturated rings. The van der Waals surface area contributed by atoms with Crippen molar-refractivity contribution in [3.63, 3.8) is 0 Å². The Morgan fingerprint density at radius 1 is 0.854 bits per heavy atom. The van der Waals surface area contributed by atoms with Gasteiger partial charge in [-0.05, 0) is 75.8 Å². The topological polar surface area (TPSA) is 50.2 Å². The predicted octanol–water partition coefficient (Wildman–Crippen LogP) is 10.3. The van der Waals surface area contributed by atoms with E-state index in [9.17, 15) is 9.90 Å². The number of allylic oxidation sites excluding steroid dienone is 2. The monoisotopic (exact) mass is 739 g/mol. The van der Waals surface area contributed by atoms with Gasteiger partial charge in [0.15, 0.2) is 5.78 Å². The minimum atomic E-state index is 0. The molecule has 0 atom stereocenters. The molecule has 0 saturated carbocycles. The van der Waals surface area contributed by atoms with Crippen LogP contribution in [0.2, 0.25) is 0 Å². The van der Waals surface area contributed by atoms with E-state index in [1.165, 1.54) is 48.2 Å². The van der Waals surface area contributed by atoms with Gasteiger partial charge in [0.25, 0.3) is 0 Å². The summed E-state index contributed by atoms with van der Waals surface area (Å²) >= 11 is 1.83. The number of hydrogen-bond donors (Lipinski definition) is 1. The van der Waals surface area contributed by atoms with Crippen LogP contribution in [0.3, 0.4) is 0 Å². The van der Waals surface area contributed by atoms with Gasteiger partial charge >= 0.3 is 0 Å². The molecule has 1 radical (unpaired) electrons. The van der Waals surface area contributed by atoms with Crippen LogP contribution in [0.5, 0.6) is 0 Å². The summed E-state index contributed by atoms with van der Waals surface area (Å²) in [5, 5.41) is 17.5. The largest absolute Gasteiger partial charge is 0.512 e. The summed E-state index contributed by atoms with van der Waals surface area (Å²) in [6, 6.07) is 27.1. The molecular weight excluding hydrogens is 703 g/mol. The average Bonchev–Trinajstić information content (AvgIpc) is 2.99. The molecule has 1 aliphatic rings. The Balaban J connectivity index is 0.000000212. The van der Waals surface area contributed by atoms with E-state index in [0.29, 0.717) is 0 Å². The van der Waals surface area contributed by atoms with Crippen molar-refractivity contribution in [2.45, 2.75) is 63.2 Å². The molecule has 1 aliphatic heterocycles.